The number of carbonyl (C=O) groups excluding carboxylic acids is 1. The molecule has 0 aromatic rings. The van der Waals surface area contributed by atoms with Gasteiger partial charge in [-0.1, -0.05) is 26.2 Å². The molecule has 3 atom stereocenters. The first-order valence-electron chi connectivity index (χ1n) is 7.78. The van der Waals surface area contributed by atoms with Crippen LogP contribution >= 0.6 is 0 Å². The number of carbonyl (C=O) groups is 1. The van der Waals surface area contributed by atoms with Crippen molar-refractivity contribution in [3.8, 4) is 0 Å². The van der Waals surface area contributed by atoms with Gasteiger partial charge in [0.1, 0.15) is 0 Å². The van der Waals surface area contributed by atoms with Crippen LogP contribution in [-0.2, 0) is 9.53 Å². The van der Waals surface area contributed by atoms with Gasteiger partial charge in [0.2, 0.25) is 5.91 Å². The minimum Gasteiger partial charge on any atom is -0.378 e. The molecule has 2 fully saturated rings. The Morgan fingerprint density at radius 3 is 2.68 bits per heavy atom. The molecular formula is C15H28N2O2. The van der Waals surface area contributed by atoms with Crippen LogP contribution < -0.4 is 5.32 Å². The quantitative estimate of drug-likeness (QED) is 0.843. The number of hydrogen-bond donors (Lipinski definition) is 1. The highest BCUT2D eigenvalue weighted by Crippen LogP contribution is 2.28. The summed E-state index contributed by atoms with van der Waals surface area (Å²) < 4.78 is 5.28. The molecule has 4 nitrogen and oxygen atoms in total. The van der Waals surface area contributed by atoms with E-state index in [0.717, 1.165) is 31.5 Å². The Morgan fingerprint density at radius 2 is 2.00 bits per heavy atom. The molecule has 0 aromatic heterocycles. The summed E-state index contributed by atoms with van der Waals surface area (Å²) in [5.74, 6) is 1.77. The minimum atomic E-state index is -0.0628. The SMILES string of the molecule is CC(NCC1CCCCC1C)C(=O)N1CCOCC1. The Bertz CT molecular complexity index is 290. The van der Waals surface area contributed by atoms with Crippen LogP contribution in [0.1, 0.15) is 39.5 Å². The maximum atomic E-state index is 12.3. The second-order valence-electron chi connectivity index (χ2n) is 6.09. The molecule has 0 spiro atoms. The first-order chi connectivity index (χ1) is 9.18. The Morgan fingerprint density at radius 1 is 1.32 bits per heavy atom. The summed E-state index contributed by atoms with van der Waals surface area (Å²) in [5, 5.41) is 3.45. The molecule has 1 heterocycles. The topological polar surface area (TPSA) is 41.6 Å². The van der Waals surface area contributed by atoms with Crippen molar-refractivity contribution in [2.24, 2.45) is 11.8 Å². The summed E-state index contributed by atoms with van der Waals surface area (Å²) in [5.41, 5.74) is 0. The molecular weight excluding hydrogens is 240 g/mol. The average Bonchev–Trinajstić information content (AvgIpc) is 2.46. The van der Waals surface area contributed by atoms with E-state index in [9.17, 15) is 4.79 Å². The monoisotopic (exact) mass is 268 g/mol. The maximum absolute atomic E-state index is 12.3. The standard InChI is InChI=1S/C15H28N2O2/c1-12-5-3-4-6-14(12)11-16-13(2)15(18)17-7-9-19-10-8-17/h12-14,16H,3-11H2,1-2H3. The Hall–Kier alpha value is -0.610. The summed E-state index contributed by atoms with van der Waals surface area (Å²) in [6.45, 7) is 8.16. The van der Waals surface area contributed by atoms with Crippen molar-refractivity contribution < 1.29 is 9.53 Å². The van der Waals surface area contributed by atoms with Gasteiger partial charge in [-0.3, -0.25) is 4.79 Å². The van der Waals surface area contributed by atoms with Crippen molar-refractivity contribution in [1.29, 1.82) is 0 Å². The van der Waals surface area contributed by atoms with Crippen molar-refractivity contribution >= 4 is 5.91 Å². The summed E-state index contributed by atoms with van der Waals surface area (Å²) in [6.07, 6.45) is 5.38. The van der Waals surface area contributed by atoms with Crippen molar-refractivity contribution in [3.63, 3.8) is 0 Å². The minimum absolute atomic E-state index is 0.0628. The van der Waals surface area contributed by atoms with Crippen molar-refractivity contribution in [3.05, 3.63) is 0 Å². The molecule has 0 radical (unpaired) electrons. The van der Waals surface area contributed by atoms with Gasteiger partial charge in [-0.15, -0.1) is 0 Å². The van der Waals surface area contributed by atoms with Gasteiger partial charge < -0.3 is 15.0 Å². The van der Waals surface area contributed by atoms with Gasteiger partial charge in [-0.05, 0) is 31.7 Å². The summed E-state index contributed by atoms with van der Waals surface area (Å²) >= 11 is 0. The number of nitrogens with zero attached hydrogens (tertiary/aromatic N) is 1. The highest BCUT2D eigenvalue weighted by Gasteiger charge is 2.25. The average molecular weight is 268 g/mol. The van der Waals surface area contributed by atoms with Gasteiger partial charge >= 0.3 is 0 Å². The van der Waals surface area contributed by atoms with E-state index in [1.54, 1.807) is 0 Å². The van der Waals surface area contributed by atoms with Crippen molar-refractivity contribution in [1.82, 2.24) is 10.2 Å². The predicted octanol–water partition coefficient (Wildman–Crippen LogP) is 1.65. The number of morpholine rings is 1. The molecule has 4 heteroatoms. The Kier molecular flexibility index (Phi) is 5.64. The number of hydrogen-bond acceptors (Lipinski definition) is 3. The maximum Gasteiger partial charge on any atom is 0.239 e. The molecule has 1 aliphatic heterocycles. The van der Waals surface area contributed by atoms with E-state index in [0.29, 0.717) is 13.2 Å². The highest BCUT2D eigenvalue weighted by molar-refractivity contribution is 5.81. The van der Waals surface area contributed by atoms with E-state index >= 15 is 0 Å². The molecule has 0 aromatic carbocycles. The van der Waals surface area contributed by atoms with Crippen molar-refractivity contribution in [2.75, 3.05) is 32.8 Å². The van der Waals surface area contributed by atoms with Gasteiger partial charge in [0.05, 0.1) is 19.3 Å². The zero-order valence-electron chi connectivity index (χ0n) is 12.4. The molecule has 0 bridgehead atoms. The third-order valence-corrected chi connectivity index (χ3v) is 4.67. The van der Waals surface area contributed by atoms with Gasteiger partial charge in [-0.25, -0.2) is 0 Å². The number of amides is 1. The zero-order valence-corrected chi connectivity index (χ0v) is 12.4. The fourth-order valence-electron chi connectivity index (χ4n) is 3.17. The lowest BCUT2D eigenvalue weighted by molar-refractivity contribution is -0.137. The zero-order chi connectivity index (χ0) is 13.7. The lowest BCUT2D eigenvalue weighted by Crippen LogP contribution is -2.50. The fraction of sp³-hybridized carbons (Fsp3) is 0.933. The molecule has 1 aliphatic carbocycles. The molecule has 110 valence electrons. The molecule has 2 rings (SSSR count). The van der Waals surface area contributed by atoms with E-state index in [1.165, 1.54) is 25.7 Å². The molecule has 1 amide bonds. The Balaban J connectivity index is 1.73. The molecule has 1 saturated carbocycles. The van der Waals surface area contributed by atoms with Crippen LogP contribution in [0.2, 0.25) is 0 Å². The van der Waals surface area contributed by atoms with E-state index in [-0.39, 0.29) is 11.9 Å². The van der Waals surface area contributed by atoms with E-state index in [4.69, 9.17) is 4.74 Å². The van der Waals surface area contributed by atoms with E-state index < -0.39 is 0 Å². The highest BCUT2D eigenvalue weighted by atomic mass is 16.5. The van der Waals surface area contributed by atoms with E-state index in [1.807, 2.05) is 11.8 Å². The molecule has 3 unspecified atom stereocenters. The smallest absolute Gasteiger partial charge is 0.239 e. The normalized spacial score (nSPS) is 30.1. The van der Waals surface area contributed by atoms with Crippen LogP contribution in [-0.4, -0.2) is 49.7 Å². The van der Waals surface area contributed by atoms with Crippen LogP contribution in [0, 0.1) is 11.8 Å². The second-order valence-corrected chi connectivity index (χ2v) is 6.09. The molecule has 19 heavy (non-hydrogen) atoms. The molecule has 1 saturated heterocycles. The lowest BCUT2D eigenvalue weighted by atomic mass is 9.80. The van der Waals surface area contributed by atoms with Crippen LogP contribution in [0.4, 0.5) is 0 Å². The van der Waals surface area contributed by atoms with Gasteiger partial charge in [-0.2, -0.15) is 0 Å². The van der Waals surface area contributed by atoms with Crippen LogP contribution in [0.5, 0.6) is 0 Å². The van der Waals surface area contributed by atoms with Crippen molar-refractivity contribution in [2.45, 2.75) is 45.6 Å². The fourth-order valence-corrected chi connectivity index (χ4v) is 3.17. The number of rotatable bonds is 4. The lowest BCUT2D eigenvalue weighted by Gasteiger charge is -2.32. The Labute approximate surface area is 116 Å². The predicted molar refractivity (Wildman–Crippen MR) is 76.0 cm³/mol. The summed E-state index contributed by atoms with van der Waals surface area (Å²) in [6, 6.07) is -0.0628. The van der Waals surface area contributed by atoms with E-state index in [2.05, 4.69) is 12.2 Å². The van der Waals surface area contributed by atoms with Gasteiger partial charge in [0.15, 0.2) is 0 Å². The molecule has 1 N–H and O–H groups in total. The summed E-state index contributed by atoms with van der Waals surface area (Å²) in [7, 11) is 0. The van der Waals surface area contributed by atoms with Gasteiger partial charge in [0, 0.05) is 13.1 Å². The van der Waals surface area contributed by atoms with Crippen LogP contribution in [0.15, 0.2) is 0 Å². The van der Waals surface area contributed by atoms with Gasteiger partial charge in [0.25, 0.3) is 0 Å². The van der Waals surface area contributed by atoms with Crippen LogP contribution in [0.25, 0.3) is 0 Å². The number of nitrogens with one attached hydrogen (secondary N) is 1. The first-order valence-corrected chi connectivity index (χ1v) is 7.78. The first kappa shape index (κ1) is 14.8. The third-order valence-electron chi connectivity index (χ3n) is 4.67. The number of ether oxygens (including phenoxy) is 1. The molecule has 2 aliphatic rings. The second kappa shape index (κ2) is 7.25. The summed E-state index contributed by atoms with van der Waals surface area (Å²) in [4.78, 5) is 14.2. The largest absolute Gasteiger partial charge is 0.378 e. The third kappa shape index (κ3) is 4.18. The van der Waals surface area contributed by atoms with Crippen LogP contribution in [0.3, 0.4) is 0 Å².